The van der Waals surface area contributed by atoms with Crippen molar-refractivity contribution in [3.05, 3.63) is 22.7 Å². The number of hydrogen-bond acceptors (Lipinski definition) is 4. The van der Waals surface area contributed by atoms with E-state index in [0.717, 1.165) is 31.5 Å². The maximum atomic E-state index is 9.71. The molecule has 1 fully saturated rings. The molecule has 112 valence electrons. The molecule has 0 bridgehead atoms. The molecule has 2 rings (SSSR count). The predicted molar refractivity (Wildman–Crippen MR) is 79.7 cm³/mol. The normalized spacial score (nSPS) is 19.9. The molecule has 4 nitrogen and oxygen atoms in total. The van der Waals surface area contributed by atoms with Crippen molar-refractivity contribution < 1.29 is 14.6 Å². The molecule has 5 heteroatoms. The lowest BCUT2D eigenvalue weighted by molar-refractivity contribution is 0.0668. The Bertz CT molecular complexity index is 453. The van der Waals surface area contributed by atoms with Gasteiger partial charge in [-0.1, -0.05) is 11.6 Å². The van der Waals surface area contributed by atoms with Crippen molar-refractivity contribution in [3.63, 3.8) is 0 Å². The van der Waals surface area contributed by atoms with Gasteiger partial charge in [-0.3, -0.25) is 4.90 Å². The van der Waals surface area contributed by atoms with Crippen molar-refractivity contribution in [1.82, 2.24) is 4.90 Å². The molecule has 0 spiro atoms. The molecule has 20 heavy (non-hydrogen) atoms. The molecule has 1 aliphatic rings. The monoisotopic (exact) mass is 299 g/mol. The highest BCUT2D eigenvalue weighted by Gasteiger charge is 2.19. The second kappa shape index (κ2) is 7.16. The summed E-state index contributed by atoms with van der Waals surface area (Å²) >= 11 is 6.27. The number of piperidine rings is 1. The van der Waals surface area contributed by atoms with E-state index >= 15 is 0 Å². The van der Waals surface area contributed by atoms with Crippen LogP contribution in [0.1, 0.15) is 25.3 Å². The van der Waals surface area contributed by atoms with Crippen molar-refractivity contribution in [2.24, 2.45) is 0 Å². The van der Waals surface area contributed by atoms with Crippen LogP contribution in [0.3, 0.4) is 0 Å². The average molecular weight is 300 g/mol. The maximum Gasteiger partial charge on any atom is 0.179 e. The standard InChI is InChI=1S/C15H22ClNO3/c1-3-20-15-13(16)7-11(8-14(15)19-2)9-17-6-4-5-12(18)10-17/h7-8,12,18H,3-6,9-10H2,1-2H3. The van der Waals surface area contributed by atoms with Gasteiger partial charge < -0.3 is 14.6 Å². The van der Waals surface area contributed by atoms with Crippen LogP contribution in [0.2, 0.25) is 5.02 Å². The van der Waals surface area contributed by atoms with Crippen LogP contribution in [0.15, 0.2) is 12.1 Å². The van der Waals surface area contributed by atoms with Gasteiger partial charge in [0.15, 0.2) is 11.5 Å². The lowest BCUT2D eigenvalue weighted by Gasteiger charge is -2.30. The smallest absolute Gasteiger partial charge is 0.179 e. The van der Waals surface area contributed by atoms with Crippen LogP contribution in [0.25, 0.3) is 0 Å². The summed E-state index contributed by atoms with van der Waals surface area (Å²) in [6.07, 6.45) is 1.70. The number of benzene rings is 1. The van der Waals surface area contributed by atoms with Crippen molar-refractivity contribution >= 4 is 11.6 Å². The molecule has 1 heterocycles. The van der Waals surface area contributed by atoms with Crippen molar-refractivity contribution in [2.75, 3.05) is 26.8 Å². The van der Waals surface area contributed by atoms with Gasteiger partial charge >= 0.3 is 0 Å². The first-order valence-electron chi connectivity index (χ1n) is 7.03. The summed E-state index contributed by atoms with van der Waals surface area (Å²) in [5, 5.41) is 10.3. The topological polar surface area (TPSA) is 41.9 Å². The number of halogens is 1. The minimum Gasteiger partial charge on any atom is -0.493 e. The molecule has 1 aromatic rings. The molecule has 1 aromatic carbocycles. The van der Waals surface area contributed by atoms with Crippen molar-refractivity contribution in [1.29, 1.82) is 0 Å². The van der Waals surface area contributed by atoms with Crippen LogP contribution in [-0.4, -0.2) is 42.9 Å². The summed E-state index contributed by atoms with van der Waals surface area (Å²) in [6.45, 7) is 4.95. The first-order chi connectivity index (χ1) is 9.63. The van der Waals surface area contributed by atoms with Gasteiger partial charge in [0.25, 0.3) is 0 Å². The molecule has 1 saturated heterocycles. The first-order valence-corrected chi connectivity index (χ1v) is 7.41. The van der Waals surface area contributed by atoms with Crippen LogP contribution in [-0.2, 0) is 6.54 Å². The van der Waals surface area contributed by atoms with Gasteiger partial charge in [-0.25, -0.2) is 0 Å². The van der Waals surface area contributed by atoms with E-state index in [9.17, 15) is 5.11 Å². The van der Waals surface area contributed by atoms with Crippen LogP contribution < -0.4 is 9.47 Å². The molecule has 0 amide bonds. The molecular weight excluding hydrogens is 278 g/mol. The number of aliphatic hydroxyl groups excluding tert-OH is 1. The number of hydrogen-bond donors (Lipinski definition) is 1. The Balaban J connectivity index is 2.14. The summed E-state index contributed by atoms with van der Waals surface area (Å²) in [4.78, 5) is 2.24. The fraction of sp³-hybridized carbons (Fsp3) is 0.600. The number of aliphatic hydroxyl groups is 1. The zero-order valence-electron chi connectivity index (χ0n) is 12.1. The Kier molecular flexibility index (Phi) is 5.52. The third kappa shape index (κ3) is 3.78. The zero-order chi connectivity index (χ0) is 14.5. The van der Waals surface area contributed by atoms with Crippen molar-refractivity contribution in [2.45, 2.75) is 32.4 Å². The van der Waals surface area contributed by atoms with E-state index in [4.69, 9.17) is 21.1 Å². The van der Waals surface area contributed by atoms with Gasteiger partial charge in [-0.15, -0.1) is 0 Å². The molecule has 1 aliphatic heterocycles. The second-order valence-electron chi connectivity index (χ2n) is 5.07. The van der Waals surface area contributed by atoms with E-state index in [0.29, 0.717) is 29.7 Å². The van der Waals surface area contributed by atoms with Crippen LogP contribution in [0.5, 0.6) is 11.5 Å². The SMILES string of the molecule is CCOc1c(Cl)cc(CN2CCCC(O)C2)cc1OC. The van der Waals surface area contributed by atoms with Gasteiger partial charge in [-0.05, 0) is 44.0 Å². The highest BCUT2D eigenvalue weighted by Crippen LogP contribution is 2.36. The van der Waals surface area contributed by atoms with E-state index in [1.54, 1.807) is 7.11 Å². The van der Waals surface area contributed by atoms with Crippen LogP contribution in [0.4, 0.5) is 0 Å². The summed E-state index contributed by atoms with van der Waals surface area (Å²) in [5.41, 5.74) is 1.07. The Labute approximate surface area is 125 Å². The number of nitrogens with zero attached hydrogens (tertiary/aromatic N) is 1. The molecule has 1 atom stereocenters. The Hall–Kier alpha value is -0.970. The molecule has 0 saturated carbocycles. The number of β-amino-alcohol motifs (C(OH)–C–C–N with tert-alkyl or cyclic N) is 1. The second-order valence-corrected chi connectivity index (χ2v) is 5.48. The van der Waals surface area contributed by atoms with Crippen molar-refractivity contribution in [3.8, 4) is 11.5 Å². The summed E-state index contributed by atoms with van der Waals surface area (Å²) in [6, 6.07) is 3.87. The fourth-order valence-electron chi connectivity index (χ4n) is 2.58. The minimum absolute atomic E-state index is 0.219. The van der Waals surface area contributed by atoms with Crippen LogP contribution >= 0.6 is 11.6 Å². The Morgan fingerprint density at radius 1 is 1.45 bits per heavy atom. The highest BCUT2D eigenvalue weighted by atomic mass is 35.5. The lowest BCUT2D eigenvalue weighted by atomic mass is 10.1. The third-order valence-electron chi connectivity index (χ3n) is 3.46. The zero-order valence-corrected chi connectivity index (χ0v) is 12.8. The Morgan fingerprint density at radius 2 is 2.25 bits per heavy atom. The number of ether oxygens (including phenoxy) is 2. The summed E-state index contributed by atoms with van der Waals surface area (Å²) < 4.78 is 10.9. The number of methoxy groups -OCH3 is 1. The van der Waals surface area contributed by atoms with E-state index in [1.165, 1.54) is 0 Å². The van der Waals surface area contributed by atoms with Gasteiger partial charge in [0, 0.05) is 13.1 Å². The molecule has 0 aliphatic carbocycles. The lowest BCUT2D eigenvalue weighted by Crippen LogP contribution is -2.37. The molecular formula is C15H22ClNO3. The summed E-state index contributed by atoms with van der Waals surface area (Å²) in [5.74, 6) is 1.26. The van der Waals surface area contributed by atoms with E-state index in [-0.39, 0.29) is 6.10 Å². The third-order valence-corrected chi connectivity index (χ3v) is 3.75. The molecule has 0 radical (unpaired) electrons. The van der Waals surface area contributed by atoms with E-state index in [2.05, 4.69) is 4.90 Å². The largest absolute Gasteiger partial charge is 0.493 e. The quantitative estimate of drug-likeness (QED) is 0.908. The predicted octanol–water partition coefficient (Wildman–Crippen LogP) is 2.70. The number of rotatable bonds is 5. The van der Waals surface area contributed by atoms with Crippen LogP contribution in [0, 0.1) is 0 Å². The summed E-state index contributed by atoms with van der Waals surface area (Å²) in [7, 11) is 1.61. The number of likely N-dealkylation sites (tertiary alicyclic amines) is 1. The molecule has 1 N–H and O–H groups in total. The first kappa shape index (κ1) is 15.4. The Morgan fingerprint density at radius 3 is 2.90 bits per heavy atom. The minimum atomic E-state index is -0.219. The fourth-order valence-corrected chi connectivity index (χ4v) is 2.87. The van der Waals surface area contributed by atoms with Gasteiger partial charge in [-0.2, -0.15) is 0 Å². The molecule has 1 unspecified atom stereocenters. The van der Waals surface area contributed by atoms with Gasteiger partial charge in [0.05, 0.1) is 24.8 Å². The molecule has 0 aromatic heterocycles. The average Bonchev–Trinajstić information content (AvgIpc) is 2.41. The highest BCUT2D eigenvalue weighted by molar-refractivity contribution is 6.32. The van der Waals surface area contributed by atoms with Gasteiger partial charge in [0.1, 0.15) is 0 Å². The van der Waals surface area contributed by atoms with E-state index in [1.807, 2.05) is 19.1 Å². The van der Waals surface area contributed by atoms with E-state index < -0.39 is 0 Å². The maximum absolute atomic E-state index is 9.71. The van der Waals surface area contributed by atoms with Gasteiger partial charge in [0.2, 0.25) is 0 Å².